The maximum absolute atomic E-state index is 12.0. The SMILES string of the molecule is COc1cccc(Nc2nccc(-c3ccc(O[C@@H]4CCOC4)c(C(N)=O)c3)n2)c1. The predicted molar refractivity (Wildman–Crippen MR) is 112 cm³/mol. The molecule has 3 N–H and O–H groups in total. The molecule has 2 aromatic carbocycles. The number of methoxy groups -OCH3 is 1. The lowest BCUT2D eigenvalue weighted by atomic mass is 10.1. The van der Waals surface area contributed by atoms with Crippen LogP contribution in [-0.2, 0) is 4.74 Å². The maximum Gasteiger partial charge on any atom is 0.252 e. The van der Waals surface area contributed by atoms with Crippen LogP contribution >= 0.6 is 0 Å². The van der Waals surface area contributed by atoms with E-state index in [-0.39, 0.29) is 6.10 Å². The molecule has 0 bridgehead atoms. The lowest BCUT2D eigenvalue weighted by Crippen LogP contribution is -2.19. The van der Waals surface area contributed by atoms with E-state index >= 15 is 0 Å². The molecule has 8 nitrogen and oxygen atoms in total. The Morgan fingerprint density at radius 1 is 1.23 bits per heavy atom. The molecule has 1 aliphatic rings. The van der Waals surface area contributed by atoms with Gasteiger partial charge in [-0.25, -0.2) is 9.97 Å². The lowest BCUT2D eigenvalue weighted by Gasteiger charge is -2.15. The summed E-state index contributed by atoms with van der Waals surface area (Å²) in [6.45, 7) is 1.16. The van der Waals surface area contributed by atoms with Crippen molar-refractivity contribution in [3.05, 3.63) is 60.3 Å². The molecular weight excluding hydrogens is 384 g/mol. The van der Waals surface area contributed by atoms with E-state index in [4.69, 9.17) is 19.9 Å². The molecule has 30 heavy (non-hydrogen) atoms. The Morgan fingerprint density at radius 3 is 2.90 bits per heavy atom. The van der Waals surface area contributed by atoms with Gasteiger partial charge < -0.3 is 25.3 Å². The number of hydrogen-bond acceptors (Lipinski definition) is 7. The summed E-state index contributed by atoms with van der Waals surface area (Å²) in [5.41, 5.74) is 8.07. The number of ether oxygens (including phenoxy) is 3. The van der Waals surface area contributed by atoms with Gasteiger partial charge in [-0.05, 0) is 36.4 Å². The summed E-state index contributed by atoms with van der Waals surface area (Å²) < 4.78 is 16.5. The van der Waals surface area contributed by atoms with Crippen LogP contribution in [0.25, 0.3) is 11.3 Å². The topological polar surface area (TPSA) is 109 Å². The second kappa shape index (κ2) is 8.79. The van der Waals surface area contributed by atoms with Gasteiger partial charge in [-0.3, -0.25) is 4.79 Å². The number of carbonyl (C=O) groups is 1. The minimum Gasteiger partial charge on any atom is -0.497 e. The zero-order valence-corrected chi connectivity index (χ0v) is 16.5. The zero-order chi connectivity index (χ0) is 20.9. The molecule has 1 amide bonds. The number of amides is 1. The minimum absolute atomic E-state index is 0.0772. The third kappa shape index (κ3) is 4.49. The summed E-state index contributed by atoms with van der Waals surface area (Å²) in [7, 11) is 1.61. The first-order chi connectivity index (χ1) is 14.6. The fourth-order valence-electron chi connectivity index (χ4n) is 3.18. The van der Waals surface area contributed by atoms with Crippen LogP contribution in [0.1, 0.15) is 16.8 Å². The van der Waals surface area contributed by atoms with Gasteiger partial charge >= 0.3 is 0 Å². The highest BCUT2D eigenvalue weighted by Gasteiger charge is 2.20. The molecule has 1 aromatic heterocycles. The highest BCUT2D eigenvalue weighted by molar-refractivity contribution is 5.97. The van der Waals surface area contributed by atoms with E-state index in [0.29, 0.717) is 36.2 Å². The monoisotopic (exact) mass is 406 g/mol. The van der Waals surface area contributed by atoms with Crippen molar-refractivity contribution >= 4 is 17.5 Å². The van der Waals surface area contributed by atoms with E-state index in [1.807, 2.05) is 30.3 Å². The Labute approximate surface area is 174 Å². The van der Waals surface area contributed by atoms with Crippen molar-refractivity contribution in [2.24, 2.45) is 5.73 Å². The molecule has 1 atom stereocenters. The van der Waals surface area contributed by atoms with E-state index in [9.17, 15) is 4.79 Å². The minimum atomic E-state index is -0.561. The van der Waals surface area contributed by atoms with Crippen molar-refractivity contribution in [2.45, 2.75) is 12.5 Å². The van der Waals surface area contributed by atoms with Crippen LogP contribution < -0.4 is 20.5 Å². The predicted octanol–water partition coefficient (Wildman–Crippen LogP) is 3.16. The van der Waals surface area contributed by atoms with Crippen LogP contribution in [0.3, 0.4) is 0 Å². The zero-order valence-electron chi connectivity index (χ0n) is 16.5. The second-order valence-corrected chi connectivity index (χ2v) is 6.80. The van der Waals surface area contributed by atoms with Crippen molar-refractivity contribution in [2.75, 3.05) is 25.6 Å². The van der Waals surface area contributed by atoms with Crippen molar-refractivity contribution in [3.63, 3.8) is 0 Å². The summed E-state index contributed by atoms with van der Waals surface area (Å²) in [6.07, 6.45) is 2.35. The van der Waals surface area contributed by atoms with Crippen molar-refractivity contribution in [3.8, 4) is 22.8 Å². The third-order valence-electron chi connectivity index (χ3n) is 4.70. The number of anilines is 2. The number of rotatable bonds is 7. The first kappa shape index (κ1) is 19.7. The van der Waals surface area contributed by atoms with Crippen LogP contribution in [-0.4, -0.2) is 42.3 Å². The summed E-state index contributed by atoms with van der Waals surface area (Å²) in [5.74, 6) is 1.04. The van der Waals surface area contributed by atoms with Crippen LogP contribution in [0, 0.1) is 0 Å². The molecule has 2 heterocycles. The normalized spacial score (nSPS) is 15.6. The largest absolute Gasteiger partial charge is 0.497 e. The Morgan fingerprint density at radius 2 is 2.13 bits per heavy atom. The Hall–Kier alpha value is -3.65. The highest BCUT2D eigenvalue weighted by Crippen LogP contribution is 2.28. The first-order valence-electron chi connectivity index (χ1n) is 9.55. The van der Waals surface area contributed by atoms with E-state index in [0.717, 1.165) is 23.4 Å². The number of nitrogens with one attached hydrogen (secondary N) is 1. The van der Waals surface area contributed by atoms with Crippen LogP contribution in [0.4, 0.5) is 11.6 Å². The lowest BCUT2D eigenvalue weighted by molar-refractivity contribution is 0.0989. The number of primary amides is 1. The van der Waals surface area contributed by atoms with E-state index in [1.165, 1.54) is 0 Å². The molecule has 1 fully saturated rings. The second-order valence-electron chi connectivity index (χ2n) is 6.80. The number of hydrogen-bond donors (Lipinski definition) is 2. The number of nitrogens with zero attached hydrogens (tertiary/aromatic N) is 2. The summed E-state index contributed by atoms with van der Waals surface area (Å²) >= 11 is 0. The smallest absolute Gasteiger partial charge is 0.252 e. The van der Waals surface area contributed by atoms with Gasteiger partial charge in [-0.15, -0.1) is 0 Å². The van der Waals surface area contributed by atoms with E-state index < -0.39 is 5.91 Å². The van der Waals surface area contributed by atoms with Gasteiger partial charge in [0.25, 0.3) is 5.91 Å². The number of nitrogens with two attached hydrogens (primary N) is 1. The standard InChI is InChI=1S/C22H22N4O4/c1-28-16-4-2-3-15(12-16)25-22-24-9-7-19(26-22)14-5-6-20(18(11-14)21(23)27)30-17-8-10-29-13-17/h2-7,9,11-12,17H,8,10,13H2,1H3,(H2,23,27)(H,24,25,26)/t17-/m1/s1. The van der Waals surface area contributed by atoms with Gasteiger partial charge in [0.1, 0.15) is 17.6 Å². The Kier molecular flexibility index (Phi) is 5.76. The first-order valence-corrected chi connectivity index (χ1v) is 9.55. The Bertz CT molecular complexity index is 1050. The average Bonchev–Trinajstić information content (AvgIpc) is 3.27. The molecule has 0 unspecified atom stereocenters. The fraction of sp³-hybridized carbons (Fsp3) is 0.227. The van der Waals surface area contributed by atoms with Crippen LogP contribution in [0.5, 0.6) is 11.5 Å². The molecule has 8 heteroatoms. The molecule has 1 saturated heterocycles. The van der Waals surface area contributed by atoms with Crippen LogP contribution in [0.15, 0.2) is 54.7 Å². The van der Waals surface area contributed by atoms with Crippen molar-refractivity contribution < 1.29 is 19.0 Å². The molecule has 0 saturated carbocycles. The van der Waals surface area contributed by atoms with Gasteiger partial charge in [0.2, 0.25) is 5.95 Å². The van der Waals surface area contributed by atoms with E-state index in [1.54, 1.807) is 31.5 Å². The summed E-state index contributed by atoms with van der Waals surface area (Å²) in [5, 5.41) is 3.15. The van der Waals surface area contributed by atoms with Gasteiger partial charge in [-0.2, -0.15) is 0 Å². The molecule has 0 radical (unpaired) electrons. The molecule has 4 rings (SSSR count). The van der Waals surface area contributed by atoms with Crippen LogP contribution in [0.2, 0.25) is 0 Å². The van der Waals surface area contributed by atoms with Gasteiger partial charge in [0, 0.05) is 29.9 Å². The van der Waals surface area contributed by atoms with Crippen molar-refractivity contribution in [1.29, 1.82) is 0 Å². The Balaban J connectivity index is 1.59. The number of benzene rings is 2. The van der Waals surface area contributed by atoms with E-state index in [2.05, 4.69) is 15.3 Å². The number of aromatic nitrogens is 2. The fourth-order valence-corrected chi connectivity index (χ4v) is 3.18. The molecular formula is C22H22N4O4. The number of carbonyl (C=O) groups excluding carboxylic acids is 1. The molecule has 0 spiro atoms. The molecule has 3 aromatic rings. The van der Waals surface area contributed by atoms with Gasteiger partial charge in [-0.1, -0.05) is 6.07 Å². The summed E-state index contributed by atoms with van der Waals surface area (Å²) in [6, 6.07) is 14.5. The quantitative estimate of drug-likeness (QED) is 0.620. The van der Waals surface area contributed by atoms with Gasteiger partial charge in [0.05, 0.1) is 31.6 Å². The van der Waals surface area contributed by atoms with Crippen molar-refractivity contribution in [1.82, 2.24) is 9.97 Å². The molecule has 154 valence electrons. The molecule has 0 aliphatic carbocycles. The summed E-state index contributed by atoms with van der Waals surface area (Å²) in [4.78, 5) is 20.8. The van der Waals surface area contributed by atoms with Gasteiger partial charge in [0.15, 0.2) is 0 Å². The average molecular weight is 406 g/mol. The highest BCUT2D eigenvalue weighted by atomic mass is 16.5. The molecule has 1 aliphatic heterocycles. The third-order valence-corrected chi connectivity index (χ3v) is 4.70. The maximum atomic E-state index is 12.0.